The molecule has 1 amide bonds. The highest BCUT2D eigenvalue weighted by Gasteiger charge is 2.37. The fourth-order valence-corrected chi connectivity index (χ4v) is 2.94. The van der Waals surface area contributed by atoms with Crippen LogP contribution in [0.4, 0.5) is 0 Å². The molecule has 0 aliphatic heterocycles. The van der Waals surface area contributed by atoms with E-state index >= 15 is 0 Å². The van der Waals surface area contributed by atoms with Gasteiger partial charge in [-0.3, -0.25) is 4.79 Å². The summed E-state index contributed by atoms with van der Waals surface area (Å²) in [5, 5.41) is 14.8. The van der Waals surface area contributed by atoms with Gasteiger partial charge in [0, 0.05) is 5.92 Å². The molecule has 1 atom stereocenters. The van der Waals surface area contributed by atoms with E-state index in [0.717, 1.165) is 25.7 Å². The molecule has 20 heavy (non-hydrogen) atoms. The Bertz CT molecular complexity index is 527. The molecule has 4 N–H and O–H groups in total. The second-order valence-electron chi connectivity index (χ2n) is 5.72. The number of fused-ring (bicyclic) bond motifs is 1. The third-order valence-corrected chi connectivity index (χ3v) is 4.25. The van der Waals surface area contributed by atoms with E-state index in [0.29, 0.717) is 5.92 Å². The molecule has 0 saturated heterocycles. The molecule has 0 aromatic heterocycles. The fourth-order valence-electron chi connectivity index (χ4n) is 2.94. The average molecular weight is 273 g/mol. The van der Waals surface area contributed by atoms with Gasteiger partial charge >= 0.3 is 0 Å². The summed E-state index contributed by atoms with van der Waals surface area (Å²) in [7, 11) is 0. The Balaban J connectivity index is 1.66. The molecule has 0 radical (unpaired) electrons. The molecule has 2 aliphatic rings. The summed E-state index contributed by atoms with van der Waals surface area (Å²) in [6.45, 7) is 0. The van der Waals surface area contributed by atoms with Crippen LogP contribution in [0, 0.1) is 11.8 Å². The van der Waals surface area contributed by atoms with Crippen molar-refractivity contribution in [3.8, 4) is 0 Å². The van der Waals surface area contributed by atoms with Crippen molar-refractivity contribution in [2.75, 3.05) is 0 Å². The van der Waals surface area contributed by atoms with Crippen LogP contribution in [0.2, 0.25) is 0 Å². The molecule has 3 rings (SSSR count). The fraction of sp³-hybridized carbons (Fsp3) is 0.467. The number of amidine groups is 1. The van der Waals surface area contributed by atoms with Crippen molar-refractivity contribution in [2.45, 2.75) is 31.7 Å². The second kappa shape index (κ2) is 5.15. The Morgan fingerprint density at radius 2 is 1.90 bits per heavy atom. The molecule has 106 valence electrons. The number of hydrogen-bond donors (Lipinski definition) is 3. The van der Waals surface area contributed by atoms with Gasteiger partial charge in [-0.1, -0.05) is 29.4 Å². The van der Waals surface area contributed by atoms with Gasteiger partial charge in [-0.05, 0) is 42.7 Å². The zero-order valence-corrected chi connectivity index (χ0v) is 11.2. The largest absolute Gasteiger partial charge is 0.409 e. The lowest BCUT2D eigenvalue weighted by atomic mass is 10.0. The number of benzene rings is 1. The summed E-state index contributed by atoms with van der Waals surface area (Å²) >= 11 is 0. The molecule has 5 nitrogen and oxygen atoms in total. The van der Waals surface area contributed by atoms with Gasteiger partial charge in [0.25, 0.3) is 0 Å². The summed E-state index contributed by atoms with van der Waals surface area (Å²) in [4.78, 5) is 12.4. The number of nitrogens with two attached hydrogens (primary N) is 1. The zero-order chi connectivity index (χ0) is 14.1. The van der Waals surface area contributed by atoms with Crippen LogP contribution in [0.3, 0.4) is 0 Å². The van der Waals surface area contributed by atoms with Crippen LogP contribution in [-0.4, -0.2) is 23.0 Å². The number of rotatable bonds is 4. The van der Waals surface area contributed by atoms with Crippen LogP contribution >= 0.6 is 0 Å². The summed E-state index contributed by atoms with van der Waals surface area (Å²) in [5.74, 6) is 0.389. The lowest BCUT2D eigenvalue weighted by Crippen LogP contribution is -2.48. The minimum absolute atomic E-state index is 0.00435. The Hall–Kier alpha value is -2.04. The van der Waals surface area contributed by atoms with Crippen LogP contribution in [0.25, 0.3) is 0 Å². The molecule has 1 unspecified atom stereocenters. The van der Waals surface area contributed by atoms with Gasteiger partial charge in [-0.15, -0.1) is 0 Å². The number of carbonyl (C=O) groups excluding carboxylic acids is 1. The third kappa shape index (κ3) is 2.48. The minimum atomic E-state index is -0.323. The maximum atomic E-state index is 12.4. The molecule has 1 fully saturated rings. The van der Waals surface area contributed by atoms with Crippen LogP contribution in [-0.2, 0) is 17.6 Å². The van der Waals surface area contributed by atoms with Crippen LogP contribution < -0.4 is 11.1 Å². The van der Waals surface area contributed by atoms with E-state index in [2.05, 4.69) is 22.6 Å². The number of carbonyl (C=O) groups is 1. The van der Waals surface area contributed by atoms with Crippen molar-refractivity contribution < 1.29 is 10.0 Å². The van der Waals surface area contributed by atoms with Crippen molar-refractivity contribution in [1.29, 1.82) is 0 Å². The lowest BCUT2D eigenvalue weighted by Gasteiger charge is -2.19. The molecular formula is C15H19N3O2. The van der Waals surface area contributed by atoms with E-state index in [1.165, 1.54) is 11.1 Å². The zero-order valence-electron chi connectivity index (χ0n) is 11.2. The summed E-state index contributed by atoms with van der Waals surface area (Å²) in [5.41, 5.74) is 8.17. The van der Waals surface area contributed by atoms with Crippen LogP contribution in [0.1, 0.15) is 24.0 Å². The standard InChI is InChI=1S/C15H19N3O2/c16-14(18-20)13(9-5-6-9)17-15(19)12-7-10-3-1-2-4-11(10)8-12/h1-4,9,12-13,20H,5-8H2,(H2,16,18)(H,17,19). The van der Waals surface area contributed by atoms with Gasteiger partial charge < -0.3 is 16.3 Å². The Morgan fingerprint density at radius 3 is 2.40 bits per heavy atom. The first-order chi connectivity index (χ1) is 9.69. The van der Waals surface area contributed by atoms with Crippen LogP contribution in [0.5, 0.6) is 0 Å². The van der Waals surface area contributed by atoms with Gasteiger partial charge in [0.2, 0.25) is 5.91 Å². The number of nitrogens with one attached hydrogen (secondary N) is 1. The highest BCUT2D eigenvalue weighted by atomic mass is 16.4. The second-order valence-corrected chi connectivity index (χ2v) is 5.72. The van der Waals surface area contributed by atoms with Gasteiger partial charge in [-0.25, -0.2) is 0 Å². The van der Waals surface area contributed by atoms with Crippen molar-refractivity contribution in [3.63, 3.8) is 0 Å². The van der Waals surface area contributed by atoms with Crippen molar-refractivity contribution in [2.24, 2.45) is 22.7 Å². The predicted molar refractivity (Wildman–Crippen MR) is 75.4 cm³/mol. The topological polar surface area (TPSA) is 87.7 Å². The maximum Gasteiger partial charge on any atom is 0.224 e. The van der Waals surface area contributed by atoms with E-state index < -0.39 is 0 Å². The number of amides is 1. The summed E-state index contributed by atoms with van der Waals surface area (Å²) in [6.07, 6.45) is 3.59. The Labute approximate surface area is 117 Å². The van der Waals surface area contributed by atoms with Crippen molar-refractivity contribution in [1.82, 2.24) is 5.32 Å². The molecule has 0 spiro atoms. The first-order valence-electron chi connectivity index (χ1n) is 7.03. The highest BCUT2D eigenvalue weighted by molar-refractivity contribution is 5.91. The monoisotopic (exact) mass is 273 g/mol. The first-order valence-corrected chi connectivity index (χ1v) is 7.03. The first kappa shape index (κ1) is 13.0. The number of oxime groups is 1. The van der Waals surface area contributed by atoms with Gasteiger partial charge in [0.1, 0.15) is 0 Å². The third-order valence-electron chi connectivity index (χ3n) is 4.25. The van der Waals surface area contributed by atoms with Gasteiger partial charge in [-0.2, -0.15) is 0 Å². The molecule has 1 aromatic carbocycles. The molecule has 0 heterocycles. The van der Waals surface area contributed by atoms with E-state index in [1.54, 1.807) is 0 Å². The molecule has 0 bridgehead atoms. The number of hydrogen-bond acceptors (Lipinski definition) is 3. The summed E-state index contributed by atoms with van der Waals surface area (Å²) < 4.78 is 0. The average Bonchev–Trinajstić information content (AvgIpc) is 3.21. The van der Waals surface area contributed by atoms with E-state index in [-0.39, 0.29) is 23.7 Å². The minimum Gasteiger partial charge on any atom is -0.409 e. The Kier molecular flexibility index (Phi) is 3.34. The quantitative estimate of drug-likeness (QED) is 0.331. The van der Waals surface area contributed by atoms with Crippen molar-refractivity contribution >= 4 is 11.7 Å². The maximum absolute atomic E-state index is 12.4. The van der Waals surface area contributed by atoms with Crippen molar-refractivity contribution in [3.05, 3.63) is 35.4 Å². The van der Waals surface area contributed by atoms with Gasteiger partial charge in [0.05, 0.1) is 6.04 Å². The highest BCUT2D eigenvalue weighted by Crippen LogP contribution is 2.33. The predicted octanol–water partition coefficient (Wildman–Crippen LogP) is 1.04. The van der Waals surface area contributed by atoms with Gasteiger partial charge in [0.15, 0.2) is 5.84 Å². The molecule has 5 heteroatoms. The lowest BCUT2D eigenvalue weighted by molar-refractivity contribution is -0.125. The summed E-state index contributed by atoms with van der Waals surface area (Å²) in [6, 6.07) is 7.83. The van der Waals surface area contributed by atoms with E-state index in [4.69, 9.17) is 10.9 Å². The van der Waals surface area contributed by atoms with E-state index in [1.807, 2.05) is 12.1 Å². The number of nitrogens with zero attached hydrogens (tertiary/aromatic N) is 1. The molecule has 2 aliphatic carbocycles. The SMILES string of the molecule is N/C(=N/O)C(NC(=O)C1Cc2ccccc2C1)C1CC1. The Morgan fingerprint density at radius 1 is 1.30 bits per heavy atom. The molecule has 1 aromatic rings. The smallest absolute Gasteiger partial charge is 0.224 e. The molecule has 1 saturated carbocycles. The van der Waals surface area contributed by atoms with Crippen LogP contribution in [0.15, 0.2) is 29.4 Å². The normalized spacial score (nSPS) is 20.5. The molecular weight excluding hydrogens is 254 g/mol. The van der Waals surface area contributed by atoms with E-state index in [9.17, 15) is 4.79 Å².